The van der Waals surface area contributed by atoms with Crippen LogP contribution in [0, 0.1) is 17.8 Å². The molecule has 262 valence electrons. The van der Waals surface area contributed by atoms with Crippen molar-refractivity contribution >= 4 is 46.6 Å². The second-order valence-corrected chi connectivity index (χ2v) is 13.9. The van der Waals surface area contributed by atoms with Gasteiger partial charge in [-0.25, -0.2) is 14.4 Å². The van der Waals surface area contributed by atoms with Gasteiger partial charge < -0.3 is 35.5 Å². The largest absolute Gasteiger partial charge is 0.480 e. The van der Waals surface area contributed by atoms with Crippen LogP contribution >= 0.6 is 11.6 Å². The number of pyridine rings is 1. The molecule has 0 fully saturated rings. The molecule has 0 saturated heterocycles. The lowest BCUT2D eigenvalue weighted by Crippen LogP contribution is -2.47. The maximum Gasteiger partial charge on any atom is 0.408 e. The summed E-state index contributed by atoms with van der Waals surface area (Å²) in [5, 5.41) is 18.8. The van der Waals surface area contributed by atoms with Crippen molar-refractivity contribution < 1.29 is 33.8 Å². The number of benzene rings is 2. The molecule has 2 atom stereocenters. The Labute approximate surface area is 290 Å². The molecule has 3 rings (SSSR count). The van der Waals surface area contributed by atoms with Crippen molar-refractivity contribution in [2.24, 2.45) is 5.92 Å². The summed E-state index contributed by atoms with van der Waals surface area (Å²) in [7, 11) is 0. The monoisotopic (exact) mass is 694 g/mol. The maximum atomic E-state index is 13.0. The van der Waals surface area contributed by atoms with E-state index in [9.17, 15) is 29.1 Å². The standard InChI is InChI=1S/C36H43ClN4O8/c1-35(2,3)48-33(46)38-18-8-11-24(30(32(44)45)41-34(47)49-36(4,5)6)10-7-9-22-14-17-27-26(19-22)29(42)20-28(40-27)31(43)39-21-23-12-15-25(37)16-13-23/h12-17,19-20,24,30H,8,10-11,18,21H2,1-6H3,(H,38,46)(H,39,43)(H,40,42)(H,41,47)(H,44,45). The average Bonchev–Trinajstić information content (AvgIpc) is 2.99. The second kappa shape index (κ2) is 16.9. The van der Waals surface area contributed by atoms with Gasteiger partial charge in [0.15, 0.2) is 5.43 Å². The predicted octanol–water partition coefficient (Wildman–Crippen LogP) is 5.75. The number of aliphatic carboxylic acids is 1. The third kappa shape index (κ3) is 13.2. The van der Waals surface area contributed by atoms with E-state index in [4.69, 9.17) is 21.1 Å². The number of aromatic nitrogens is 1. The van der Waals surface area contributed by atoms with Crippen molar-refractivity contribution in [3.8, 4) is 11.8 Å². The molecule has 49 heavy (non-hydrogen) atoms. The predicted molar refractivity (Wildman–Crippen MR) is 186 cm³/mol. The molecule has 2 aromatic carbocycles. The fourth-order valence-corrected chi connectivity index (χ4v) is 4.81. The Morgan fingerprint density at radius 1 is 0.918 bits per heavy atom. The Hall–Kier alpha value is -5.02. The summed E-state index contributed by atoms with van der Waals surface area (Å²) in [5.41, 5.74) is 0.00230. The van der Waals surface area contributed by atoms with Crippen molar-refractivity contribution in [2.45, 2.75) is 84.6 Å². The number of carboxylic acid groups (broad SMARTS) is 1. The molecule has 0 aliphatic carbocycles. The lowest BCUT2D eigenvalue weighted by atomic mass is 9.91. The van der Waals surface area contributed by atoms with Crippen LogP contribution < -0.4 is 21.4 Å². The number of carbonyl (C=O) groups excluding carboxylic acids is 3. The van der Waals surface area contributed by atoms with Gasteiger partial charge >= 0.3 is 18.2 Å². The van der Waals surface area contributed by atoms with Gasteiger partial charge in [0.25, 0.3) is 5.91 Å². The zero-order valence-corrected chi connectivity index (χ0v) is 29.2. The summed E-state index contributed by atoms with van der Waals surface area (Å²) in [6.45, 7) is 10.7. The SMILES string of the molecule is CC(C)(C)OC(=O)NCCCC(CC#Cc1ccc2[nH]c(C(=O)NCc3ccc(Cl)cc3)cc(=O)c2c1)C(NC(=O)OC(C)(C)C)C(=O)O. The van der Waals surface area contributed by atoms with E-state index in [0.29, 0.717) is 27.9 Å². The number of halogens is 1. The number of carbonyl (C=O) groups is 4. The number of aromatic amines is 1. The third-order valence-electron chi connectivity index (χ3n) is 6.87. The minimum absolute atomic E-state index is 0.0698. The first kappa shape index (κ1) is 38.4. The quantitative estimate of drug-likeness (QED) is 0.124. The molecule has 12 nitrogen and oxygen atoms in total. The number of rotatable bonds is 11. The van der Waals surface area contributed by atoms with Crippen LogP contribution in [0.2, 0.25) is 5.02 Å². The van der Waals surface area contributed by atoms with Gasteiger partial charge in [0.2, 0.25) is 0 Å². The number of carboxylic acids is 1. The number of ether oxygens (including phenoxy) is 2. The molecule has 0 bridgehead atoms. The summed E-state index contributed by atoms with van der Waals surface area (Å²) >= 11 is 5.91. The van der Waals surface area contributed by atoms with Gasteiger partial charge in [-0.15, -0.1) is 0 Å². The molecule has 13 heteroatoms. The molecule has 1 aromatic heterocycles. The summed E-state index contributed by atoms with van der Waals surface area (Å²) in [6, 6.07) is 11.8. The van der Waals surface area contributed by atoms with Crippen molar-refractivity contribution in [2.75, 3.05) is 6.54 Å². The van der Waals surface area contributed by atoms with Crippen molar-refractivity contribution in [3.63, 3.8) is 0 Å². The Bertz CT molecular complexity index is 1780. The highest BCUT2D eigenvalue weighted by Gasteiger charge is 2.31. The average molecular weight is 695 g/mol. The van der Waals surface area contributed by atoms with E-state index in [1.807, 2.05) is 0 Å². The molecule has 5 N–H and O–H groups in total. The van der Waals surface area contributed by atoms with E-state index < -0.39 is 47.2 Å². The highest BCUT2D eigenvalue weighted by atomic mass is 35.5. The Morgan fingerprint density at radius 3 is 2.20 bits per heavy atom. The van der Waals surface area contributed by atoms with Gasteiger partial charge in [-0.2, -0.15) is 0 Å². The molecule has 0 aliphatic heterocycles. The van der Waals surface area contributed by atoms with Crippen molar-refractivity contribution in [1.82, 2.24) is 20.9 Å². The highest BCUT2D eigenvalue weighted by molar-refractivity contribution is 6.30. The first-order valence-corrected chi connectivity index (χ1v) is 16.2. The fraction of sp³-hybridized carbons (Fsp3) is 0.417. The summed E-state index contributed by atoms with van der Waals surface area (Å²) in [5.74, 6) is 3.60. The number of nitrogens with one attached hydrogen (secondary N) is 4. The molecule has 0 radical (unpaired) electrons. The van der Waals surface area contributed by atoms with Crippen LogP contribution in [0.1, 0.15) is 82.4 Å². The molecule has 1 heterocycles. The molecule has 3 amide bonds. The number of alkyl carbamates (subject to hydrolysis) is 2. The molecule has 2 unspecified atom stereocenters. The van der Waals surface area contributed by atoms with E-state index >= 15 is 0 Å². The van der Waals surface area contributed by atoms with Crippen LogP contribution in [0.25, 0.3) is 10.9 Å². The molecule has 0 spiro atoms. The van der Waals surface area contributed by atoms with Crippen LogP contribution in [-0.2, 0) is 20.8 Å². The van der Waals surface area contributed by atoms with E-state index in [2.05, 4.69) is 32.8 Å². The molecule has 0 saturated carbocycles. The van der Waals surface area contributed by atoms with Gasteiger partial charge in [0.1, 0.15) is 22.9 Å². The summed E-state index contributed by atoms with van der Waals surface area (Å²) in [4.78, 5) is 65.5. The first-order chi connectivity index (χ1) is 22.9. The van der Waals surface area contributed by atoms with Gasteiger partial charge in [0, 0.05) is 53.0 Å². The number of hydrogen-bond donors (Lipinski definition) is 5. The van der Waals surface area contributed by atoms with Gasteiger partial charge in [0.05, 0.1) is 0 Å². The topological polar surface area (TPSA) is 176 Å². The van der Waals surface area contributed by atoms with E-state index in [-0.39, 0.29) is 37.1 Å². The zero-order chi connectivity index (χ0) is 36.4. The normalized spacial score (nSPS) is 12.6. The van der Waals surface area contributed by atoms with E-state index in [0.717, 1.165) is 5.56 Å². The van der Waals surface area contributed by atoms with Gasteiger partial charge in [-0.3, -0.25) is 9.59 Å². The lowest BCUT2D eigenvalue weighted by Gasteiger charge is -2.26. The smallest absolute Gasteiger partial charge is 0.408 e. The number of hydrogen-bond acceptors (Lipinski definition) is 7. The van der Waals surface area contributed by atoms with Crippen molar-refractivity contribution in [3.05, 3.63) is 80.6 Å². The van der Waals surface area contributed by atoms with Crippen LogP contribution in [-0.4, -0.2) is 57.9 Å². The van der Waals surface area contributed by atoms with Crippen molar-refractivity contribution in [1.29, 1.82) is 0 Å². The maximum absolute atomic E-state index is 13.0. The zero-order valence-electron chi connectivity index (χ0n) is 28.5. The highest BCUT2D eigenvalue weighted by Crippen LogP contribution is 2.19. The summed E-state index contributed by atoms with van der Waals surface area (Å²) in [6.07, 6.45) is -0.733. The van der Waals surface area contributed by atoms with E-state index in [1.54, 1.807) is 84.0 Å². The fourth-order valence-electron chi connectivity index (χ4n) is 4.68. The van der Waals surface area contributed by atoms with E-state index in [1.165, 1.54) is 6.07 Å². The Morgan fingerprint density at radius 2 is 1.57 bits per heavy atom. The first-order valence-electron chi connectivity index (χ1n) is 15.8. The van der Waals surface area contributed by atoms with Crippen LogP contribution in [0.5, 0.6) is 0 Å². The van der Waals surface area contributed by atoms with Crippen LogP contribution in [0.3, 0.4) is 0 Å². The third-order valence-corrected chi connectivity index (χ3v) is 7.12. The Kier molecular flexibility index (Phi) is 13.2. The summed E-state index contributed by atoms with van der Waals surface area (Å²) < 4.78 is 10.5. The molecule has 3 aromatic rings. The lowest BCUT2D eigenvalue weighted by molar-refractivity contribution is -0.141. The van der Waals surface area contributed by atoms with Crippen LogP contribution in [0.15, 0.2) is 53.3 Å². The number of H-pyrrole nitrogens is 1. The molecule has 0 aliphatic rings. The number of fused-ring (bicyclic) bond motifs is 1. The second-order valence-electron chi connectivity index (χ2n) is 13.4. The Balaban J connectivity index is 1.75. The molecular weight excluding hydrogens is 652 g/mol. The van der Waals surface area contributed by atoms with Gasteiger partial charge in [-0.1, -0.05) is 35.6 Å². The van der Waals surface area contributed by atoms with Crippen LogP contribution in [0.4, 0.5) is 9.59 Å². The van der Waals surface area contributed by atoms with Gasteiger partial charge in [-0.05, 0) is 90.3 Å². The molecular formula is C36H43ClN4O8. The minimum Gasteiger partial charge on any atom is -0.480 e. The number of amides is 3. The minimum atomic E-state index is -1.32.